The van der Waals surface area contributed by atoms with Gasteiger partial charge in [-0.25, -0.2) is 19.6 Å². The van der Waals surface area contributed by atoms with Crippen LogP contribution in [-0.2, 0) is 9.59 Å². The number of hydrogen-bond acceptors (Lipinski definition) is 4. The molecular formula is C21H22F2N4O2. The Kier molecular flexibility index (Phi) is 8.14. The maximum atomic E-state index is 12.9. The third-order valence-electron chi connectivity index (χ3n) is 4.03. The highest BCUT2D eigenvalue weighted by molar-refractivity contribution is 5.99. The van der Waals surface area contributed by atoms with E-state index in [0.717, 1.165) is 0 Å². The van der Waals surface area contributed by atoms with E-state index in [9.17, 15) is 18.4 Å². The van der Waals surface area contributed by atoms with Crippen molar-refractivity contribution in [3.8, 4) is 0 Å². The number of carbonyl (C=O) groups excluding carboxylic acids is 2. The zero-order valence-electron chi connectivity index (χ0n) is 16.2. The molecule has 8 heteroatoms. The molecule has 152 valence electrons. The van der Waals surface area contributed by atoms with Gasteiger partial charge >= 0.3 is 0 Å². The van der Waals surface area contributed by atoms with Gasteiger partial charge in [0.25, 0.3) is 0 Å². The molecule has 2 aromatic rings. The van der Waals surface area contributed by atoms with Crippen molar-refractivity contribution in [3.63, 3.8) is 0 Å². The molecule has 2 N–H and O–H groups in total. The molecule has 0 bridgehead atoms. The van der Waals surface area contributed by atoms with Gasteiger partial charge in [0.15, 0.2) is 0 Å². The third kappa shape index (κ3) is 7.61. The molecule has 0 spiro atoms. The number of rotatable bonds is 8. The molecule has 2 amide bonds. The highest BCUT2D eigenvalue weighted by Gasteiger charge is 2.06. The van der Waals surface area contributed by atoms with Crippen LogP contribution in [-0.4, -0.2) is 23.2 Å². The van der Waals surface area contributed by atoms with Crippen molar-refractivity contribution in [2.45, 2.75) is 33.1 Å². The smallest absolute Gasteiger partial charge is 0.240 e. The molecule has 2 rings (SSSR count). The summed E-state index contributed by atoms with van der Waals surface area (Å²) in [5.41, 5.74) is 7.30. The molecule has 0 heterocycles. The molecule has 0 aromatic heterocycles. The van der Waals surface area contributed by atoms with Crippen molar-refractivity contribution in [1.29, 1.82) is 0 Å². The average molecular weight is 400 g/mol. The van der Waals surface area contributed by atoms with Crippen molar-refractivity contribution >= 4 is 23.2 Å². The highest BCUT2D eigenvalue weighted by atomic mass is 19.1. The largest absolute Gasteiger partial charge is 0.273 e. The van der Waals surface area contributed by atoms with Crippen molar-refractivity contribution in [2.24, 2.45) is 10.2 Å². The van der Waals surface area contributed by atoms with E-state index >= 15 is 0 Å². The lowest BCUT2D eigenvalue weighted by atomic mass is 10.1. The third-order valence-corrected chi connectivity index (χ3v) is 4.03. The Hall–Kier alpha value is -3.42. The van der Waals surface area contributed by atoms with Gasteiger partial charge in [-0.15, -0.1) is 0 Å². The highest BCUT2D eigenvalue weighted by Crippen LogP contribution is 2.05. The molecule has 2 aromatic carbocycles. The fourth-order valence-electron chi connectivity index (χ4n) is 2.32. The molecule has 0 aliphatic rings. The van der Waals surface area contributed by atoms with Crippen LogP contribution >= 0.6 is 0 Å². The summed E-state index contributed by atoms with van der Waals surface area (Å²) in [6.45, 7) is 3.39. The Morgan fingerprint density at radius 3 is 1.41 bits per heavy atom. The van der Waals surface area contributed by atoms with Gasteiger partial charge in [-0.05, 0) is 55.7 Å². The molecule has 6 nitrogen and oxygen atoms in total. The Bertz CT molecular complexity index is 832. The predicted octanol–water partition coefficient (Wildman–Crippen LogP) is 3.52. The summed E-state index contributed by atoms with van der Waals surface area (Å²) in [5, 5.41) is 7.93. The van der Waals surface area contributed by atoms with Crippen LogP contribution in [0.3, 0.4) is 0 Å². The Labute approximate surface area is 167 Å². The van der Waals surface area contributed by atoms with Gasteiger partial charge in [0, 0.05) is 12.8 Å². The Morgan fingerprint density at radius 2 is 1.07 bits per heavy atom. The summed E-state index contributed by atoms with van der Waals surface area (Å²) in [6.07, 6.45) is 0.566. The molecule has 0 atom stereocenters. The minimum atomic E-state index is -0.346. The van der Waals surface area contributed by atoms with E-state index < -0.39 is 0 Å². The second kappa shape index (κ2) is 10.8. The lowest BCUT2D eigenvalue weighted by Crippen LogP contribution is -2.21. The number of halogens is 2. The summed E-state index contributed by atoms with van der Waals surface area (Å²) < 4.78 is 25.8. The van der Waals surface area contributed by atoms with Crippen molar-refractivity contribution < 1.29 is 18.4 Å². The predicted molar refractivity (Wildman–Crippen MR) is 107 cm³/mol. The number of nitrogens with one attached hydrogen (secondary N) is 2. The average Bonchev–Trinajstić information content (AvgIpc) is 2.71. The molecule has 0 unspecified atom stereocenters. The maximum absolute atomic E-state index is 12.9. The van der Waals surface area contributed by atoms with Crippen molar-refractivity contribution in [1.82, 2.24) is 10.9 Å². The first-order valence-electron chi connectivity index (χ1n) is 9.03. The van der Waals surface area contributed by atoms with E-state index in [0.29, 0.717) is 29.0 Å². The quantitative estimate of drug-likeness (QED) is 0.525. The van der Waals surface area contributed by atoms with E-state index in [1.807, 2.05) is 0 Å². The van der Waals surface area contributed by atoms with Crippen molar-refractivity contribution in [2.75, 3.05) is 0 Å². The number of hydrazone groups is 2. The number of amides is 2. The molecule has 0 aliphatic carbocycles. The van der Waals surface area contributed by atoms with Gasteiger partial charge in [-0.1, -0.05) is 24.3 Å². The maximum Gasteiger partial charge on any atom is 0.240 e. The van der Waals surface area contributed by atoms with Crippen LogP contribution in [0.25, 0.3) is 0 Å². The van der Waals surface area contributed by atoms with Crippen LogP contribution in [0.4, 0.5) is 8.78 Å². The first kappa shape index (κ1) is 21.9. The minimum absolute atomic E-state index is 0.119. The normalized spacial score (nSPS) is 11.9. The first-order chi connectivity index (χ1) is 13.8. The van der Waals surface area contributed by atoms with E-state index in [2.05, 4.69) is 21.1 Å². The van der Waals surface area contributed by atoms with Crippen LogP contribution in [0.1, 0.15) is 44.2 Å². The lowest BCUT2D eigenvalue weighted by Gasteiger charge is -2.04. The summed E-state index contributed by atoms with van der Waals surface area (Å²) in [7, 11) is 0. The van der Waals surface area contributed by atoms with Gasteiger partial charge in [0.2, 0.25) is 11.8 Å². The van der Waals surface area contributed by atoms with E-state index in [4.69, 9.17) is 0 Å². The zero-order chi connectivity index (χ0) is 21.2. The van der Waals surface area contributed by atoms with E-state index in [1.165, 1.54) is 24.3 Å². The van der Waals surface area contributed by atoms with Gasteiger partial charge in [0.1, 0.15) is 11.6 Å². The number of nitrogens with zero attached hydrogens (tertiary/aromatic N) is 2. The van der Waals surface area contributed by atoms with E-state index in [1.54, 1.807) is 38.1 Å². The van der Waals surface area contributed by atoms with Crippen LogP contribution in [0.5, 0.6) is 0 Å². The first-order valence-corrected chi connectivity index (χ1v) is 9.03. The molecule has 29 heavy (non-hydrogen) atoms. The van der Waals surface area contributed by atoms with Crippen molar-refractivity contribution in [3.05, 3.63) is 71.3 Å². The Morgan fingerprint density at radius 1 is 0.724 bits per heavy atom. The Balaban J connectivity index is 1.71. The summed E-state index contributed by atoms with van der Waals surface area (Å²) in [5.74, 6) is -1.35. The van der Waals surface area contributed by atoms with Gasteiger partial charge in [-0.2, -0.15) is 10.2 Å². The van der Waals surface area contributed by atoms with Crippen LogP contribution in [0.2, 0.25) is 0 Å². The van der Waals surface area contributed by atoms with Gasteiger partial charge < -0.3 is 0 Å². The lowest BCUT2D eigenvalue weighted by molar-refractivity contribution is -0.122. The number of hydrogen-bond donors (Lipinski definition) is 2. The standard InChI is InChI=1S/C21H22F2N4O2/c1-14(16-6-10-18(22)11-7-16)24-26-20(28)4-3-5-21(29)27-25-15(2)17-8-12-19(23)13-9-17/h6-13H,3-5H2,1-2H3,(H,26,28)(H,27,29)/b24-14+,25-15+. The molecular weight excluding hydrogens is 378 g/mol. The molecule has 0 saturated heterocycles. The minimum Gasteiger partial charge on any atom is -0.273 e. The molecule has 0 radical (unpaired) electrons. The van der Waals surface area contributed by atoms with Crippen LogP contribution in [0.15, 0.2) is 58.7 Å². The van der Waals surface area contributed by atoms with Crippen LogP contribution < -0.4 is 10.9 Å². The molecule has 0 aliphatic heterocycles. The SMILES string of the molecule is C/C(=N\NC(=O)CCCC(=O)N/N=C(\C)c1ccc(F)cc1)c1ccc(F)cc1. The topological polar surface area (TPSA) is 82.9 Å². The summed E-state index contributed by atoms with van der Waals surface area (Å²) in [6, 6.07) is 11.5. The fraction of sp³-hybridized carbons (Fsp3) is 0.238. The van der Waals surface area contributed by atoms with Gasteiger partial charge in [0.05, 0.1) is 11.4 Å². The second-order valence-corrected chi connectivity index (χ2v) is 6.33. The fourth-order valence-corrected chi connectivity index (χ4v) is 2.32. The number of benzene rings is 2. The van der Waals surface area contributed by atoms with Crippen LogP contribution in [0, 0.1) is 11.6 Å². The number of carbonyl (C=O) groups is 2. The second-order valence-electron chi connectivity index (χ2n) is 6.33. The molecule has 0 fully saturated rings. The van der Waals surface area contributed by atoms with Gasteiger partial charge in [-0.3, -0.25) is 9.59 Å². The zero-order valence-corrected chi connectivity index (χ0v) is 16.2. The molecule has 0 saturated carbocycles. The summed E-state index contributed by atoms with van der Waals surface area (Å²) in [4.78, 5) is 23.6. The monoisotopic (exact) mass is 400 g/mol. The summed E-state index contributed by atoms with van der Waals surface area (Å²) >= 11 is 0. The van der Waals surface area contributed by atoms with E-state index in [-0.39, 0.29) is 36.3 Å².